The van der Waals surface area contributed by atoms with Gasteiger partial charge in [0.05, 0.1) is 12.5 Å². The van der Waals surface area contributed by atoms with Crippen LogP contribution in [0.2, 0.25) is 0 Å². The first-order valence-corrected chi connectivity index (χ1v) is 11.3. The monoisotopic (exact) mass is 413 g/mol. The fourth-order valence-electron chi connectivity index (χ4n) is 4.48. The van der Waals surface area contributed by atoms with Crippen molar-refractivity contribution < 1.29 is 4.79 Å². The molecule has 2 saturated heterocycles. The summed E-state index contributed by atoms with van der Waals surface area (Å²) in [6.07, 6.45) is 1.95. The van der Waals surface area contributed by atoms with Crippen LogP contribution in [-0.4, -0.2) is 53.4 Å². The lowest BCUT2D eigenvalue weighted by Gasteiger charge is -2.62. The van der Waals surface area contributed by atoms with Gasteiger partial charge in [-0.05, 0) is 51.3 Å². The van der Waals surface area contributed by atoms with Crippen molar-refractivity contribution in [2.75, 3.05) is 26.2 Å². The molecule has 1 aromatic rings. The third-order valence-electron chi connectivity index (χ3n) is 7.19. The van der Waals surface area contributed by atoms with Gasteiger partial charge >= 0.3 is 0 Å². The maximum atomic E-state index is 11.6. The molecule has 1 aromatic carbocycles. The normalized spacial score (nSPS) is 23.7. The van der Waals surface area contributed by atoms with Gasteiger partial charge < -0.3 is 16.0 Å². The third kappa shape index (κ3) is 4.80. The van der Waals surface area contributed by atoms with E-state index >= 15 is 0 Å². The van der Waals surface area contributed by atoms with Crippen LogP contribution in [0.4, 0.5) is 0 Å². The van der Waals surface area contributed by atoms with Gasteiger partial charge in [0, 0.05) is 37.1 Å². The van der Waals surface area contributed by atoms with Gasteiger partial charge in [-0.25, -0.2) is 4.99 Å². The highest BCUT2D eigenvalue weighted by Gasteiger charge is 2.53. The Morgan fingerprint density at radius 2 is 2.00 bits per heavy atom. The number of piperidine rings is 1. The van der Waals surface area contributed by atoms with E-state index in [2.05, 4.69) is 74.0 Å². The molecule has 3 rings (SSSR count). The van der Waals surface area contributed by atoms with Gasteiger partial charge in [-0.3, -0.25) is 9.69 Å². The van der Waals surface area contributed by atoms with Crippen molar-refractivity contribution in [1.29, 1.82) is 0 Å². The SMILES string of the molecule is CCNC(=NCc1cccc(CN2CCCC(C(N)=O)C2)c1)N1CC(C)(C)C1(C)C. The summed E-state index contributed by atoms with van der Waals surface area (Å²) in [5, 5.41) is 3.47. The van der Waals surface area contributed by atoms with Gasteiger partial charge in [-0.1, -0.05) is 38.1 Å². The molecule has 1 amide bonds. The number of primary amides is 1. The molecule has 1 unspecified atom stereocenters. The molecular weight excluding hydrogens is 374 g/mol. The predicted octanol–water partition coefficient (Wildman–Crippen LogP) is 2.97. The average Bonchev–Trinajstić information content (AvgIpc) is 2.70. The van der Waals surface area contributed by atoms with E-state index in [9.17, 15) is 4.79 Å². The number of carbonyl (C=O) groups excluding carboxylic acids is 1. The molecule has 2 heterocycles. The summed E-state index contributed by atoms with van der Waals surface area (Å²) in [6.45, 7) is 16.5. The second-order valence-corrected chi connectivity index (χ2v) is 10.00. The molecular formula is C24H39N5O. The highest BCUT2D eigenvalue weighted by atomic mass is 16.1. The number of aliphatic imine (C=N–C) groups is 1. The molecule has 0 saturated carbocycles. The number of rotatable bonds is 6. The maximum Gasteiger partial charge on any atom is 0.221 e. The first-order valence-electron chi connectivity index (χ1n) is 11.3. The number of nitrogens with zero attached hydrogens (tertiary/aromatic N) is 3. The Labute approximate surface area is 181 Å². The van der Waals surface area contributed by atoms with Gasteiger partial charge in [0.25, 0.3) is 0 Å². The van der Waals surface area contributed by atoms with Crippen LogP contribution in [0, 0.1) is 11.3 Å². The minimum Gasteiger partial charge on any atom is -0.369 e. The third-order valence-corrected chi connectivity index (χ3v) is 7.19. The van der Waals surface area contributed by atoms with E-state index in [-0.39, 0.29) is 22.8 Å². The van der Waals surface area contributed by atoms with Crippen LogP contribution >= 0.6 is 0 Å². The van der Waals surface area contributed by atoms with E-state index in [0.717, 1.165) is 51.5 Å². The lowest BCUT2D eigenvalue weighted by atomic mass is 9.65. The molecule has 0 radical (unpaired) electrons. The highest BCUT2D eigenvalue weighted by molar-refractivity contribution is 5.82. The number of likely N-dealkylation sites (tertiary alicyclic amines) is 2. The summed E-state index contributed by atoms with van der Waals surface area (Å²) in [7, 11) is 0. The molecule has 0 spiro atoms. The minimum absolute atomic E-state index is 0.0154. The average molecular weight is 414 g/mol. The number of nitrogens with two attached hydrogens (primary N) is 1. The van der Waals surface area contributed by atoms with E-state index in [1.807, 2.05) is 0 Å². The molecule has 3 N–H and O–H groups in total. The Morgan fingerprint density at radius 1 is 1.27 bits per heavy atom. The molecule has 2 aliphatic heterocycles. The Balaban J connectivity index is 1.66. The molecule has 2 aliphatic rings. The standard InChI is InChI=1S/C24H39N5O/c1-6-26-22(29-17-23(2,3)24(29,4)5)27-14-18-9-7-10-19(13-18)15-28-12-8-11-20(16-28)21(25)30/h7,9-10,13,20H,6,8,11-12,14-17H2,1-5H3,(H2,25,30)(H,26,27). The van der Waals surface area contributed by atoms with Crippen molar-refractivity contribution >= 4 is 11.9 Å². The summed E-state index contributed by atoms with van der Waals surface area (Å²) in [5.41, 5.74) is 8.37. The van der Waals surface area contributed by atoms with Crippen LogP contribution in [-0.2, 0) is 17.9 Å². The summed E-state index contributed by atoms with van der Waals surface area (Å²) in [6, 6.07) is 8.66. The van der Waals surface area contributed by atoms with Crippen LogP contribution in [0.15, 0.2) is 29.3 Å². The second-order valence-electron chi connectivity index (χ2n) is 10.00. The Kier molecular flexibility index (Phi) is 6.75. The quantitative estimate of drug-likeness (QED) is 0.555. The van der Waals surface area contributed by atoms with E-state index in [1.54, 1.807) is 0 Å². The Hall–Kier alpha value is -2.08. The maximum absolute atomic E-state index is 11.6. The Morgan fingerprint density at radius 3 is 2.63 bits per heavy atom. The largest absolute Gasteiger partial charge is 0.369 e. The minimum atomic E-state index is -0.171. The number of hydrogen-bond donors (Lipinski definition) is 2. The summed E-state index contributed by atoms with van der Waals surface area (Å²) in [5.74, 6) is 0.807. The highest BCUT2D eigenvalue weighted by Crippen LogP contribution is 2.46. The van der Waals surface area contributed by atoms with Crippen molar-refractivity contribution in [2.24, 2.45) is 22.1 Å². The number of amides is 1. The van der Waals surface area contributed by atoms with E-state index in [0.29, 0.717) is 6.54 Å². The fraction of sp³-hybridized carbons (Fsp3) is 0.667. The fourth-order valence-corrected chi connectivity index (χ4v) is 4.48. The van der Waals surface area contributed by atoms with E-state index in [1.165, 1.54) is 11.1 Å². The molecule has 6 nitrogen and oxygen atoms in total. The van der Waals surface area contributed by atoms with Crippen molar-refractivity contribution in [2.45, 2.75) is 66.1 Å². The van der Waals surface area contributed by atoms with Gasteiger partial charge in [-0.15, -0.1) is 0 Å². The zero-order chi connectivity index (χ0) is 21.9. The number of carbonyl (C=O) groups is 1. The van der Waals surface area contributed by atoms with Crippen LogP contribution < -0.4 is 11.1 Å². The molecule has 1 atom stereocenters. The van der Waals surface area contributed by atoms with Crippen LogP contribution in [0.3, 0.4) is 0 Å². The molecule has 6 heteroatoms. The van der Waals surface area contributed by atoms with Crippen molar-refractivity contribution in [3.63, 3.8) is 0 Å². The lowest BCUT2D eigenvalue weighted by molar-refractivity contribution is -0.123. The Bertz CT molecular complexity index is 786. The van der Waals surface area contributed by atoms with Crippen molar-refractivity contribution in [1.82, 2.24) is 15.1 Å². The van der Waals surface area contributed by atoms with Gasteiger partial charge in [0.2, 0.25) is 5.91 Å². The summed E-state index contributed by atoms with van der Waals surface area (Å²) in [4.78, 5) is 21.2. The second kappa shape index (κ2) is 8.96. The van der Waals surface area contributed by atoms with E-state index in [4.69, 9.17) is 10.7 Å². The number of hydrogen-bond acceptors (Lipinski definition) is 3. The van der Waals surface area contributed by atoms with Crippen molar-refractivity contribution in [3.8, 4) is 0 Å². The molecule has 2 fully saturated rings. The van der Waals surface area contributed by atoms with Crippen LogP contribution in [0.5, 0.6) is 0 Å². The van der Waals surface area contributed by atoms with Gasteiger partial charge in [-0.2, -0.15) is 0 Å². The molecule has 0 aromatic heterocycles. The van der Waals surface area contributed by atoms with Gasteiger partial charge in [0.1, 0.15) is 0 Å². The molecule has 166 valence electrons. The summed E-state index contributed by atoms with van der Waals surface area (Å²) >= 11 is 0. The molecule has 0 aliphatic carbocycles. The summed E-state index contributed by atoms with van der Waals surface area (Å²) < 4.78 is 0. The number of benzene rings is 1. The zero-order valence-corrected chi connectivity index (χ0v) is 19.4. The van der Waals surface area contributed by atoms with E-state index < -0.39 is 0 Å². The topological polar surface area (TPSA) is 74.0 Å². The van der Waals surface area contributed by atoms with Crippen molar-refractivity contribution in [3.05, 3.63) is 35.4 Å². The predicted molar refractivity (Wildman–Crippen MR) is 123 cm³/mol. The molecule has 30 heavy (non-hydrogen) atoms. The number of guanidine groups is 1. The first-order chi connectivity index (χ1) is 14.1. The first kappa shape index (κ1) is 22.6. The molecule has 0 bridgehead atoms. The van der Waals surface area contributed by atoms with Crippen LogP contribution in [0.25, 0.3) is 0 Å². The number of nitrogens with one attached hydrogen (secondary N) is 1. The van der Waals surface area contributed by atoms with Gasteiger partial charge in [0.15, 0.2) is 5.96 Å². The zero-order valence-electron chi connectivity index (χ0n) is 19.4. The van der Waals surface area contributed by atoms with Crippen LogP contribution in [0.1, 0.15) is 58.6 Å². The smallest absolute Gasteiger partial charge is 0.221 e. The lowest BCUT2D eigenvalue weighted by Crippen LogP contribution is -2.72.